The molecule has 128 valence electrons. The largest absolute Gasteiger partial charge is 0.573 e. The number of ether oxygens (including phenoxy) is 2. The minimum atomic E-state index is -4.81. The molecular formula is C16H15F3N2O3. The zero-order chi connectivity index (χ0) is 17.2. The Morgan fingerprint density at radius 3 is 2.75 bits per heavy atom. The van der Waals surface area contributed by atoms with Gasteiger partial charge in [0.1, 0.15) is 11.4 Å². The fourth-order valence-electron chi connectivity index (χ4n) is 2.67. The summed E-state index contributed by atoms with van der Waals surface area (Å²) in [6, 6.07) is 7.12. The summed E-state index contributed by atoms with van der Waals surface area (Å²) in [7, 11) is 0. The molecule has 5 nitrogen and oxygen atoms in total. The van der Waals surface area contributed by atoms with E-state index in [-0.39, 0.29) is 28.9 Å². The molecule has 0 spiro atoms. The van der Waals surface area contributed by atoms with Crippen molar-refractivity contribution in [3.8, 4) is 17.0 Å². The van der Waals surface area contributed by atoms with Gasteiger partial charge < -0.3 is 9.47 Å². The Kier molecular flexibility index (Phi) is 4.57. The van der Waals surface area contributed by atoms with Gasteiger partial charge in [-0.15, -0.1) is 13.2 Å². The summed E-state index contributed by atoms with van der Waals surface area (Å²) < 4.78 is 48.7. The van der Waals surface area contributed by atoms with Crippen molar-refractivity contribution >= 4 is 6.29 Å². The van der Waals surface area contributed by atoms with Crippen molar-refractivity contribution in [2.75, 3.05) is 6.61 Å². The number of nitrogens with zero attached hydrogens (tertiary/aromatic N) is 2. The molecule has 0 bridgehead atoms. The standard InChI is InChI=1S/C16H15F3N2O3/c17-16(18,19)24-14-6-2-1-5-12(14)13-9-11(10-22)21(20-13)15-7-3-4-8-23-15/h1-2,5-6,9-10,15H,3-4,7-8H2. The molecule has 24 heavy (non-hydrogen) atoms. The molecule has 2 heterocycles. The molecule has 0 aliphatic carbocycles. The van der Waals surface area contributed by atoms with Crippen LogP contribution in [0.1, 0.15) is 36.0 Å². The highest BCUT2D eigenvalue weighted by Crippen LogP contribution is 2.34. The molecule has 1 fully saturated rings. The lowest BCUT2D eigenvalue weighted by molar-refractivity contribution is -0.274. The molecule has 1 aliphatic heterocycles. The third-order valence-corrected chi connectivity index (χ3v) is 3.70. The Hall–Kier alpha value is -2.35. The Bertz CT molecular complexity index is 722. The second-order valence-corrected chi connectivity index (χ2v) is 5.38. The number of rotatable bonds is 4. The SMILES string of the molecule is O=Cc1cc(-c2ccccc2OC(F)(F)F)nn1C1CCCCO1. The van der Waals surface area contributed by atoms with E-state index in [1.165, 1.54) is 28.9 Å². The van der Waals surface area contributed by atoms with Gasteiger partial charge in [-0.3, -0.25) is 4.79 Å². The molecule has 1 aromatic heterocycles. The molecule has 1 unspecified atom stereocenters. The number of carbonyl (C=O) groups excluding carboxylic acids is 1. The summed E-state index contributed by atoms with van der Waals surface area (Å²) in [6.45, 7) is 0.561. The number of para-hydroxylation sites is 1. The molecule has 1 aliphatic rings. The van der Waals surface area contributed by atoms with E-state index in [0.717, 1.165) is 12.8 Å². The van der Waals surface area contributed by atoms with Crippen molar-refractivity contribution < 1.29 is 27.4 Å². The molecule has 0 N–H and O–H groups in total. The van der Waals surface area contributed by atoms with E-state index >= 15 is 0 Å². The Morgan fingerprint density at radius 1 is 1.29 bits per heavy atom. The smallest absolute Gasteiger partial charge is 0.405 e. The maximum absolute atomic E-state index is 12.6. The predicted octanol–water partition coefficient (Wildman–Crippen LogP) is 3.96. The average molecular weight is 340 g/mol. The number of benzene rings is 1. The minimum Gasteiger partial charge on any atom is -0.405 e. The van der Waals surface area contributed by atoms with Crippen LogP contribution in [0, 0.1) is 0 Å². The van der Waals surface area contributed by atoms with E-state index in [1.807, 2.05) is 0 Å². The molecule has 3 rings (SSSR count). The molecule has 1 aromatic carbocycles. The van der Waals surface area contributed by atoms with Gasteiger partial charge in [0.15, 0.2) is 12.5 Å². The highest BCUT2D eigenvalue weighted by Gasteiger charge is 2.32. The van der Waals surface area contributed by atoms with Crippen molar-refractivity contribution in [2.24, 2.45) is 0 Å². The van der Waals surface area contributed by atoms with Crippen LogP contribution in [0.5, 0.6) is 5.75 Å². The van der Waals surface area contributed by atoms with E-state index in [0.29, 0.717) is 19.3 Å². The van der Waals surface area contributed by atoms with E-state index < -0.39 is 6.36 Å². The summed E-state index contributed by atoms with van der Waals surface area (Å²) in [5.74, 6) is -0.364. The summed E-state index contributed by atoms with van der Waals surface area (Å²) in [4.78, 5) is 11.3. The van der Waals surface area contributed by atoms with Crippen LogP contribution >= 0.6 is 0 Å². The quantitative estimate of drug-likeness (QED) is 0.791. The monoisotopic (exact) mass is 340 g/mol. The van der Waals surface area contributed by atoms with Crippen molar-refractivity contribution in [2.45, 2.75) is 31.9 Å². The molecule has 8 heteroatoms. The third-order valence-electron chi connectivity index (χ3n) is 3.70. The van der Waals surface area contributed by atoms with Gasteiger partial charge in [0.2, 0.25) is 0 Å². The maximum Gasteiger partial charge on any atom is 0.573 e. The maximum atomic E-state index is 12.6. The number of hydrogen-bond donors (Lipinski definition) is 0. The summed E-state index contributed by atoms with van der Waals surface area (Å²) in [5, 5.41) is 4.28. The van der Waals surface area contributed by atoms with Crippen molar-refractivity contribution in [3.05, 3.63) is 36.0 Å². The lowest BCUT2D eigenvalue weighted by Gasteiger charge is -2.23. The van der Waals surface area contributed by atoms with Crippen LogP contribution < -0.4 is 4.74 Å². The molecular weight excluding hydrogens is 325 g/mol. The average Bonchev–Trinajstić information content (AvgIpc) is 2.99. The first-order valence-electron chi connectivity index (χ1n) is 7.49. The van der Waals surface area contributed by atoms with Crippen LogP contribution in [0.25, 0.3) is 11.3 Å². The van der Waals surface area contributed by atoms with Gasteiger partial charge in [0, 0.05) is 12.2 Å². The summed E-state index contributed by atoms with van der Waals surface area (Å²) >= 11 is 0. The summed E-state index contributed by atoms with van der Waals surface area (Å²) in [6.07, 6.45) is -2.01. The van der Waals surface area contributed by atoms with Crippen molar-refractivity contribution in [1.29, 1.82) is 0 Å². The predicted molar refractivity (Wildman–Crippen MR) is 78.6 cm³/mol. The molecule has 0 saturated carbocycles. The van der Waals surface area contributed by atoms with Crippen LogP contribution in [-0.4, -0.2) is 29.0 Å². The zero-order valence-corrected chi connectivity index (χ0v) is 12.6. The van der Waals surface area contributed by atoms with Crippen molar-refractivity contribution in [3.63, 3.8) is 0 Å². The topological polar surface area (TPSA) is 53.3 Å². The van der Waals surface area contributed by atoms with Crippen LogP contribution in [-0.2, 0) is 4.74 Å². The number of aldehydes is 1. The first kappa shape index (κ1) is 16.5. The Balaban J connectivity index is 1.98. The number of carbonyl (C=O) groups is 1. The normalized spacial score (nSPS) is 18.4. The fourth-order valence-corrected chi connectivity index (χ4v) is 2.67. The molecule has 0 radical (unpaired) electrons. The third kappa shape index (κ3) is 3.59. The number of hydrogen-bond acceptors (Lipinski definition) is 4. The number of aromatic nitrogens is 2. The van der Waals surface area contributed by atoms with Gasteiger partial charge in [-0.2, -0.15) is 5.10 Å². The first-order chi connectivity index (χ1) is 11.5. The van der Waals surface area contributed by atoms with Gasteiger partial charge in [0.05, 0.1) is 5.69 Å². The lowest BCUT2D eigenvalue weighted by atomic mass is 10.1. The van der Waals surface area contributed by atoms with E-state index in [1.54, 1.807) is 6.07 Å². The molecule has 0 amide bonds. The Labute approximate surface area is 136 Å². The number of halogens is 3. The van der Waals surface area contributed by atoms with Crippen LogP contribution in [0.4, 0.5) is 13.2 Å². The molecule has 2 aromatic rings. The molecule has 1 saturated heterocycles. The highest BCUT2D eigenvalue weighted by molar-refractivity contribution is 5.77. The minimum absolute atomic E-state index is 0.160. The van der Waals surface area contributed by atoms with Crippen LogP contribution in [0.2, 0.25) is 0 Å². The van der Waals surface area contributed by atoms with Crippen LogP contribution in [0.15, 0.2) is 30.3 Å². The van der Waals surface area contributed by atoms with Crippen molar-refractivity contribution in [1.82, 2.24) is 9.78 Å². The highest BCUT2D eigenvalue weighted by atomic mass is 19.4. The van der Waals surface area contributed by atoms with E-state index in [4.69, 9.17) is 4.74 Å². The summed E-state index contributed by atoms with van der Waals surface area (Å²) in [5.41, 5.74) is 0.636. The van der Waals surface area contributed by atoms with E-state index in [2.05, 4.69) is 9.84 Å². The van der Waals surface area contributed by atoms with Gasteiger partial charge in [-0.1, -0.05) is 12.1 Å². The molecule has 1 atom stereocenters. The first-order valence-corrected chi connectivity index (χ1v) is 7.49. The second kappa shape index (κ2) is 6.64. The fraction of sp³-hybridized carbons (Fsp3) is 0.375. The number of alkyl halides is 3. The second-order valence-electron chi connectivity index (χ2n) is 5.38. The zero-order valence-electron chi connectivity index (χ0n) is 12.6. The van der Waals surface area contributed by atoms with Gasteiger partial charge in [-0.25, -0.2) is 4.68 Å². The van der Waals surface area contributed by atoms with Gasteiger partial charge in [-0.05, 0) is 37.5 Å². The Morgan fingerprint density at radius 2 is 2.08 bits per heavy atom. The van der Waals surface area contributed by atoms with Gasteiger partial charge in [0.25, 0.3) is 0 Å². The van der Waals surface area contributed by atoms with E-state index in [9.17, 15) is 18.0 Å². The van der Waals surface area contributed by atoms with Crippen LogP contribution in [0.3, 0.4) is 0 Å². The lowest BCUT2D eigenvalue weighted by Crippen LogP contribution is -2.21. The van der Waals surface area contributed by atoms with Gasteiger partial charge >= 0.3 is 6.36 Å².